The number of fused-ring (bicyclic) bond motifs is 1. The lowest BCUT2D eigenvalue weighted by atomic mass is 10.1. The van der Waals surface area contributed by atoms with Gasteiger partial charge in [0, 0.05) is 13.2 Å². The van der Waals surface area contributed by atoms with Crippen LogP contribution in [0.1, 0.15) is 41.5 Å². The van der Waals surface area contributed by atoms with E-state index in [2.05, 4.69) is 0 Å². The maximum absolute atomic E-state index is 11.5. The van der Waals surface area contributed by atoms with Crippen LogP contribution in [-0.4, -0.2) is 49.0 Å². The van der Waals surface area contributed by atoms with E-state index in [4.69, 9.17) is 9.47 Å². The van der Waals surface area contributed by atoms with Gasteiger partial charge in [-0.25, -0.2) is 0 Å². The summed E-state index contributed by atoms with van der Waals surface area (Å²) in [6.07, 6.45) is 0.506. The highest BCUT2D eigenvalue weighted by atomic mass is 16.7. The van der Waals surface area contributed by atoms with E-state index in [1.54, 1.807) is 24.3 Å². The Labute approximate surface area is 130 Å². The molecule has 2 rings (SSSR count). The first-order chi connectivity index (χ1) is 10.6. The Morgan fingerprint density at radius 1 is 1.05 bits per heavy atom. The van der Waals surface area contributed by atoms with Gasteiger partial charge in [-0.15, -0.1) is 0 Å². The SMILES string of the molecule is CCOC(C)OCC.O=CCN1C(=O)c2ccccc2C1=O. The van der Waals surface area contributed by atoms with E-state index in [0.29, 0.717) is 17.4 Å². The molecule has 1 heterocycles. The lowest BCUT2D eigenvalue weighted by molar-refractivity contribution is -0.123. The zero-order valence-electron chi connectivity index (χ0n) is 13.1. The topological polar surface area (TPSA) is 72.9 Å². The summed E-state index contributed by atoms with van der Waals surface area (Å²) >= 11 is 0. The van der Waals surface area contributed by atoms with Gasteiger partial charge in [-0.1, -0.05) is 12.1 Å². The van der Waals surface area contributed by atoms with Gasteiger partial charge in [0.25, 0.3) is 11.8 Å². The van der Waals surface area contributed by atoms with E-state index < -0.39 is 11.8 Å². The first-order valence-corrected chi connectivity index (χ1v) is 7.18. The highest BCUT2D eigenvalue weighted by Gasteiger charge is 2.34. The summed E-state index contributed by atoms with van der Waals surface area (Å²) in [5.41, 5.74) is 0.749. The molecule has 0 fully saturated rings. The standard InChI is InChI=1S/C10H7NO3.C6H14O2/c12-6-5-11-9(13)7-3-1-2-4-8(7)10(11)14;1-4-7-6(3)8-5-2/h1-4,6H,5H2;6H,4-5H2,1-3H3. The summed E-state index contributed by atoms with van der Waals surface area (Å²) in [6, 6.07) is 6.55. The molecule has 6 heteroatoms. The minimum absolute atomic E-state index is 0.0370. The molecule has 120 valence electrons. The molecule has 0 radical (unpaired) electrons. The maximum atomic E-state index is 11.5. The van der Waals surface area contributed by atoms with Crippen molar-refractivity contribution in [3.63, 3.8) is 0 Å². The lowest BCUT2D eigenvalue weighted by Gasteiger charge is -2.09. The number of carbonyl (C=O) groups is 3. The molecule has 1 aliphatic rings. The van der Waals surface area contributed by atoms with Gasteiger partial charge >= 0.3 is 0 Å². The van der Waals surface area contributed by atoms with E-state index in [9.17, 15) is 14.4 Å². The zero-order chi connectivity index (χ0) is 16.5. The van der Waals surface area contributed by atoms with E-state index in [0.717, 1.165) is 18.1 Å². The fraction of sp³-hybridized carbons (Fsp3) is 0.438. The largest absolute Gasteiger partial charge is 0.353 e. The number of ether oxygens (including phenoxy) is 2. The van der Waals surface area contributed by atoms with Gasteiger partial charge < -0.3 is 14.3 Å². The molecule has 22 heavy (non-hydrogen) atoms. The molecule has 0 aromatic heterocycles. The number of imide groups is 1. The average Bonchev–Trinajstić information content (AvgIpc) is 2.75. The van der Waals surface area contributed by atoms with E-state index in [1.807, 2.05) is 20.8 Å². The number of aldehydes is 1. The number of rotatable bonds is 6. The number of amides is 2. The summed E-state index contributed by atoms with van der Waals surface area (Å²) in [6.45, 7) is 7.08. The minimum Gasteiger partial charge on any atom is -0.353 e. The Balaban J connectivity index is 0.000000261. The molecule has 1 aliphatic heterocycles. The van der Waals surface area contributed by atoms with Crippen molar-refractivity contribution in [1.82, 2.24) is 4.90 Å². The summed E-state index contributed by atoms with van der Waals surface area (Å²) in [5.74, 6) is -0.782. The number of hydrogen-bond acceptors (Lipinski definition) is 5. The molecule has 0 spiro atoms. The Kier molecular flexibility index (Phi) is 7.42. The molecule has 2 amide bonds. The third-order valence-corrected chi connectivity index (χ3v) is 2.94. The van der Waals surface area contributed by atoms with Crippen LogP contribution in [0.5, 0.6) is 0 Å². The zero-order valence-corrected chi connectivity index (χ0v) is 13.1. The van der Waals surface area contributed by atoms with Crippen molar-refractivity contribution < 1.29 is 23.9 Å². The molecule has 1 aromatic carbocycles. The summed E-state index contributed by atoms with van der Waals surface area (Å²) in [4.78, 5) is 34.3. The molecule has 6 nitrogen and oxygen atoms in total. The predicted octanol–water partition coefficient (Wildman–Crippen LogP) is 1.89. The third kappa shape index (κ3) is 4.47. The summed E-state index contributed by atoms with van der Waals surface area (Å²) < 4.78 is 10.1. The molecule has 0 N–H and O–H groups in total. The van der Waals surface area contributed by atoms with Crippen molar-refractivity contribution in [2.45, 2.75) is 27.1 Å². The van der Waals surface area contributed by atoms with Crippen LogP contribution in [0.25, 0.3) is 0 Å². The van der Waals surface area contributed by atoms with Crippen LogP contribution in [0.4, 0.5) is 0 Å². The molecule has 0 aliphatic carbocycles. The van der Waals surface area contributed by atoms with Crippen molar-refractivity contribution in [3.05, 3.63) is 35.4 Å². The summed E-state index contributed by atoms with van der Waals surface area (Å²) in [5, 5.41) is 0. The fourth-order valence-electron chi connectivity index (χ4n) is 2.00. The molecule has 0 unspecified atom stereocenters. The second-order valence-electron chi connectivity index (χ2n) is 4.41. The van der Waals surface area contributed by atoms with Gasteiger partial charge in [-0.2, -0.15) is 0 Å². The molecular formula is C16H21NO5. The highest BCUT2D eigenvalue weighted by Crippen LogP contribution is 2.21. The second kappa shape index (κ2) is 9.07. The maximum Gasteiger partial charge on any atom is 0.261 e. The van der Waals surface area contributed by atoms with Gasteiger partial charge in [0.15, 0.2) is 6.29 Å². The Bertz CT molecular complexity index is 488. The van der Waals surface area contributed by atoms with Crippen LogP contribution in [0.2, 0.25) is 0 Å². The molecule has 0 saturated carbocycles. The van der Waals surface area contributed by atoms with Gasteiger partial charge in [0.2, 0.25) is 0 Å². The Morgan fingerprint density at radius 3 is 1.86 bits per heavy atom. The predicted molar refractivity (Wildman–Crippen MR) is 80.6 cm³/mol. The smallest absolute Gasteiger partial charge is 0.261 e. The van der Waals surface area contributed by atoms with Gasteiger partial charge in [-0.05, 0) is 32.9 Å². The van der Waals surface area contributed by atoms with E-state index in [-0.39, 0.29) is 12.8 Å². The van der Waals surface area contributed by atoms with Crippen LogP contribution >= 0.6 is 0 Å². The number of benzene rings is 1. The van der Waals surface area contributed by atoms with Crippen molar-refractivity contribution in [2.75, 3.05) is 19.8 Å². The van der Waals surface area contributed by atoms with Crippen molar-refractivity contribution in [3.8, 4) is 0 Å². The lowest BCUT2D eigenvalue weighted by Crippen LogP contribution is -2.31. The van der Waals surface area contributed by atoms with Crippen molar-refractivity contribution >= 4 is 18.1 Å². The van der Waals surface area contributed by atoms with E-state index in [1.165, 1.54) is 0 Å². The number of hydrogen-bond donors (Lipinski definition) is 0. The average molecular weight is 307 g/mol. The van der Waals surface area contributed by atoms with Crippen molar-refractivity contribution in [2.24, 2.45) is 0 Å². The molecule has 0 saturated heterocycles. The summed E-state index contributed by atoms with van der Waals surface area (Å²) in [7, 11) is 0. The number of carbonyl (C=O) groups excluding carboxylic acids is 3. The molecule has 1 aromatic rings. The first kappa shape index (κ1) is 18.0. The second-order valence-corrected chi connectivity index (χ2v) is 4.41. The monoisotopic (exact) mass is 307 g/mol. The van der Waals surface area contributed by atoms with Gasteiger partial charge in [-0.3, -0.25) is 14.5 Å². The molecule has 0 bridgehead atoms. The first-order valence-electron chi connectivity index (χ1n) is 7.18. The fourth-order valence-corrected chi connectivity index (χ4v) is 2.00. The minimum atomic E-state index is -0.391. The van der Waals surface area contributed by atoms with Crippen LogP contribution in [0.3, 0.4) is 0 Å². The van der Waals surface area contributed by atoms with Crippen LogP contribution in [0.15, 0.2) is 24.3 Å². The third-order valence-electron chi connectivity index (χ3n) is 2.94. The molecular weight excluding hydrogens is 286 g/mol. The Morgan fingerprint density at radius 2 is 1.50 bits per heavy atom. The highest BCUT2D eigenvalue weighted by molar-refractivity contribution is 6.21. The quantitative estimate of drug-likeness (QED) is 0.456. The van der Waals surface area contributed by atoms with Crippen LogP contribution < -0.4 is 0 Å². The van der Waals surface area contributed by atoms with Crippen molar-refractivity contribution in [1.29, 1.82) is 0 Å². The normalized spacial score (nSPS) is 13.0. The molecule has 0 atom stereocenters. The van der Waals surface area contributed by atoms with Crippen LogP contribution in [-0.2, 0) is 14.3 Å². The Hall–Kier alpha value is -2.05. The van der Waals surface area contributed by atoms with E-state index >= 15 is 0 Å². The van der Waals surface area contributed by atoms with Gasteiger partial charge in [0.05, 0.1) is 17.7 Å². The van der Waals surface area contributed by atoms with Crippen LogP contribution in [0, 0.1) is 0 Å². The van der Waals surface area contributed by atoms with Gasteiger partial charge in [0.1, 0.15) is 6.29 Å². The number of nitrogens with zero attached hydrogens (tertiary/aromatic N) is 1.